The van der Waals surface area contributed by atoms with Crippen LogP contribution in [-0.4, -0.2) is 32.1 Å². The molecular weight excluding hydrogens is 354 g/mol. The number of aromatic hydroxyl groups is 1. The van der Waals surface area contributed by atoms with E-state index >= 15 is 0 Å². The van der Waals surface area contributed by atoms with Crippen LogP contribution < -0.4 is 11.0 Å². The molecule has 0 saturated carbocycles. The number of hydrogen-bond donors (Lipinski definition) is 3. The number of nitrogens with one attached hydrogen (secondary N) is 2. The van der Waals surface area contributed by atoms with Crippen LogP contribution in [0.3, 0.4) is 0 Å². The van der Waals surface area contributed by atoms with Crippen molar-refractivity contribution < 1.29 is 14.8 Å². The normalized spacial score (nSPS) is 11.0. The molecule has 0 atom stereocenters. The Bertz CT molecular complexity index is 1120. The number of rotatable bonds is 5. The van der Waals surface area contributed by atoms with Gasteiger partial charge in [-0.25, -0.2) is 10.4 Å². The molecule has 0 radical (unpaired) electrons. The van der Waals surface area contributed by atoms with Crippen molar-refractivity contribution in [2.45, 2.75) is 6.42 Å². The smallest absolute Gasteiger partial charge is 0.311 e. The molecule has 3 N–H and O–H groups in total. The number of H-pyrrole nitrogens is 1. The summed E-state index contributed by atoms with van der Waals surface area (Å²) in [6.07, 6.45) is 0.898. The summed E-state index contributed by atoms with van der Waals surface area (Å²) in [5.74, 6) is -1.05. The summed E-state index contributed by atoms with van der Waals surface area (Å²) in [4.78, 5) is 40.8. The summed E-state index contributed by atoms with van der Waals surface area (Å²) < 4.78 is 0. The van der Waals surface area contributed by atoms with Crippen molar-refractivity contribution in [1.82, 2.24) is 15.4 Å². The lowest BCUT2D eigenvalue weighted by molar-refractivity contribution is -0.385. The van der Waals surface area contributed by atoms with Crippen LogP contribution in [0.25, 0.3) is 11.0 Å². The number of nitro benzene ring substituents is 1. The fourth-order valence-corrected chi connectivity index (χ4v) is 2.32. The molecule has 1 heterocycles. The number of aromatic nitrogens is 2. The van der Waals surface area contributed by atoms with Gasteiger partial charge in [-0.2, -0.15) is 5.10 Å². The van der Waals surface area contributed by atoms with E-state index in [4.69, 9.17) is 0 Å². The number of para-hydroxylation sites is 2. The highest BCUT2D eigenvalue weighted by Crippen LogP contribution is 2.25. The van der Waals surface area contributed by atoms with Gasteiger partial charge in [-0.3, -0.25) is 19.7 Å². The van der Waals surface area contributed by atoms with Crippen LogP contribution in [0, 0.1) is 10.1 Å². The Kier molecular flexibility index (Phi) is 4.88. The molecule has 0 aliphatic rings. The van der Waals surface area contributed by atoms with E-state index in [2.05, 4.69) is 20.5 Å². The summed E-state index contributed by atoms with van der Waals surface area (Å²) in [6.45, 7) is 0. The highest BCUT2D eigenvalue weighted by atomic mass is 16.6. The molecule has 0 aliphatic heterocycles. The van der Waals surface area contributed by atoms with Gasteiger partial charge in [-0.05, 0) is 24.3 Å². The zero-order chi connectivity index (χ0) is 19.4. The van der Waals surface area contributed by atoms with Crippen molar-refractivity contribution in [2.24, 2.45) is 5.10 Å². The predicted octanol–water partition coefficient (Wildman–Crippen LogP) is 1.23. The van der Waals surface area contributed by atoms with E-state index in [9.17, 15) is 24.8 Å². The Morgan fingerprint density at radius 2 is 2.11 bits per heavy atom. The van der Waals surface area contributed by atoms with Crippen LogP contribution in [0.5, 0.6) is 5.75 Å². The molecule has 0 fully saturated rings. The third-order valence-corrected chi connectivity index (χ3v) is 3.60. The number of aromatic amines is 1. The summed E-state index contributed by atoms with van der Waals surface area (Å²) in [6, 6.07) is 10.6. The maximum absolute atomic E-state index is 12.0. The Labute approximate surface area is 151 Å². The van der Waals surface area contributed by atoms with Gasteiger partial charge >= 0.3 is 5.69 Å². The Hall–Kier alpha value is -4.08. The molecule has 2 aromatic carbocycles. The molecule has 10 heteroatoms. The summed E-state index contributed by atoms with van der Waals surface area (Å²) in [7, 11) is 0. The lowest BCUT2D eigenvalue weighted by Crippen LogP contribution is -2.25. The number of fused-ring (bicyclic) bond motifs is 1. The molecule has 0 aliphatic carbocycles. The third-order valence-electron chi connectivity index (χ3n) is 3.60. The quantitative estimate of drug-likeness (QED) is 0.350. The number of phenols is 1. The average molecular weight is 367 g/mol. The van der Waals surface area contributed by atoms with E-state index in [1.165, 1.54) is 12.3 Å². The first kappa shape index (κ1) is 17.7. The number of amides is 1. The minimum absolute atomic E-state index is 0.0432. The standard InChI is InChI=1S/C17H13N5O5/c23-15-6-5-10(7-14(15)22(26)27)9-18-21-16(24)8-13-17(25)20-12-4-2-1-3-11(12)19-13/h1-7,9,23H,8H2,(H,20,25)(H,21,24)/b18-9+. The van der Waals surface area contributed by atoms with Gasteiger partial charge in [0.25, 0.3) is 5.56 Å². The van der Waals surface area contributed by atoms with Crippen LogP contribution in [-0.2, 0) is 11.2 Å². The van der Waals surface area contributed by atoms with E-state index in [-0.39, 0.29) is 12.1 Å². The molecule has 0 unspecified atom stereocenters. The Balaban J connectivity index is 1.69. The number of hydrazone groups is 1. The lowest BCUT2D eigenvalue weighted by Gasteiger charge is -2.02. The predicted molar refractivity (Wildman–Crippen MR) is 96.6 cm³/mol. The highest BCUT2D eigenvalue weighted by molar-refractivity contribution is 5.84. The third kappa shape index (κ3) is 4.12. The van der Waals surface area contributed by atoms with Crippen LogP contribution in [0.2, 0.25) is 0 Å². The van der Waals surface area contributed by atoms with Gasteiger partial charge in [0.1, 0.15) is 5.69 Å². The van der Waals surface area contributed by atoms with Crippen LogP contribution in [0.4, 0.5) is 5.69 Å². The Morgan fingerprint density at radius 1 is 1.33 bits per heavy atom. The zero-order valence-corrected chi connectivity index (χ0v) is 13.7. The first-order valence-electron chi connectivity index (χ1n) is 7.71. The average Bonchev–Trinajstić information content (AvgIpc) is 2.63. The first-order valence-corrected chi connectivity index (χ1v) is 7.71. The molecular formula is C17H13N5O5. The van der Waals surface area contributed by atoms with Gasteiger partial charge in [0, 0.05) is 11.6 Å². The second-order valence-electron chi connectivity index (χ2n) is 5.50. The maximum Gasteiger partial charge on any atom is 0.311 e. The maximum atomic E-state index is 12.0. The number of carbonyl (C=O) groups is 1. The topological polar surface area (TPSA) is 151 Å². The second-order valence-corrected chi connectivity index (χ2v) is 5.50. The number of nitro groups is 1. The molecule has 136 valence electrons. The molecule has 0 bridgehead atoms. The summed E-state index contributed by atoms with van der Waals surface area (Å²) >= 11 is 0. The van der Waals surface area contributed by atoms with Crippen LogP contribution in [0.15, 0.2) is 52.4 Å². The van der Waals surface area contributed by atoms with Crippen molar-refractivity contribution >= 4 is 28.8 Å². The SMILES string of the molecule is O=C(Cc1nc2ccccc2[nH]c1=O)N/N=C/c1ccc(O)c([N+](=O)[O-])c1. The van der Waals surface area contributed by atoms with Crippen molar-refractivity contribution in [3.05, 3.63) is 74.2 Å². The molecule has 27 heavy (non-hydrogen) atoms. The monoisotopic (exact) mass is 367 g/mol. The van der Waals surface area contributed by atoms with Crippen molar-refractivity contribution in [1.29, 1.82) is 0 Å². The minimum Gasteiger partial charge on any atom is -0.502 e. The van der Waals surface area contributed by atoms with Gasteiger partial charge in [0.15, 0.2) is 5.75 Å². The van der Waals surface area contributed by atoms with E-state index in [1.807, 2.05) is 0 Å². The van der Waals surface area contributed by atoms with E-state index in [0.29, 0.717) is 16.6 Å². The zero-order valence-electron chi connectivity index (χ0n) is 13.7. The molecule has 10 nitrogen and oxygen atoms in total. The fourth-order valence-electron chi connectivity index (χ4n) is 2.32. The van der Waals surface area contributed by atoms with E-state index in [0.717, 1.165) is 12.1 Å². The summed E-state index contributed by atoms with van der Waals surface area (Å²) in [5.41, 5.74) is 2.75. The van der Waals surface area contributed by atoms with Crippen molar-refractivity contribution in [3.63, 3.8) is 0 Å². The lowest BCUT2D eigenvalue weighted by atomic mass is 10.2. The number of carbonyl (C=O) groups excluding carboxylic acids is 1. The largest absolute Gasteiger partial charge is 0.502 e. The van der Waals surface area contributed by atoms with E-state index in [1.54, 1.807) is 24.3 Å². The number of phenolic OH excluding ortho intramolecular Hbond substituents is 1. The minimum atomic E-state index is -0.733. The Morgan fingerprint density at radius 3 is 2.89 bits per heavy atom. The fraction of sp³-hybridized carbons (Fsp3) is 0.0588. The van der Waals surface area contributed by atoms with Gasteiger partial charge in [0.05, 0.1) is 28.6 Å². The van der Waals surface area contributed by atoms with Crippen LogP contribution >= 0.6 is 0 Å². The first-order chi connectivity index (χ1) is 12.9. The molecule has 3 aromatic rings. The molecule has 0 spiro atoms. The molecule has 1 amide bonds. The van der Waals surface area contributed by atoms with E-state index < -0.39 is 27.8 Å². The van der Waals surface area contributed by atoms with Crippen molar-refractivity contribution in [2.75, 3.05) is 0 Å². The number of nitrogens with zero attached hydrogens (tertiary/aromatic N) is 3. The van der Waals surface area contributed by atoms with Gasteiger partial charge in [0.2, 0.25) is 5.91 Å². The van der Waals surface area contributed by atoms with Gasteiger partial charge < -0.3 is 10.1 Å². The van der Waals surface area contributed by atoms with Gasteiger partial charge in [-0.1, -0.05) is 12.1 Å². The van der Waals surface area contributed by atoms with Gasteiger partial charge in [-0.15, -0.1) is 0 Å². The molecule has 3 rings (SSSR count). The number of benzene rings is 2. The number of hydrogen-bond acceptors (Lipinski definition) is 7. The van der Waals surface area contributed by atoms with Crippen molar-refractivity contribution in [3.8, 4) is 5.75 Å². The molecule has 0 saturated heterocycles. The summed E-state index contributed by atoms with van der Waals surface area (Å²) in [5, 5.41) is 23.9. The highest BCUT2D eigenvalue weighted by Gasteiger charge is 2.13. The van der Waals surface area contributed by atoms with Crippen LogP contribution in [0.1, 0.15) is 11.3 Å². The second kappa shape index (κ2) is 7.44. The molecule has 1 aromatic heterocycles.